The van der Waals surface area contributed by atoms with Gasteiger partial charge in [0.15, 0.2) is 9.84 Å². The van der Waals surface area contributed by atoms with E-state index in [1.165, 1.54) is 18.2 Å². The Morgan fingerprint density at radius 2 is 1.72 bits per heavy atom. The summed E-state index contributed by atoms with van der Waals surface area (Å²) in [4.78, 5) is 12.0. The summed E-state index contributed by atoms with van der Waals surface area (Å²) in [6.45, 7) is 3.62. The summed E-state index contributed by atoms with van der Waals surface area (Å²) in [6.07, 6.45) is 0.0875. The molecule has 0 fully saturated rings. The maximum Gasteiger partial charge on any atom is 0.224 e. The van der Waals surface area contributed by atoms with E-state index >= 15 is 0 Å². The third-order valence-corrected chi connectivity index (χ3v) is 6.39. The Morgan fingerprint density at radius 1 is 1.07 bits per heavy atom. The van der Waals surface area contributed by atoms with Gasteiger partial charge in [-0.25, -0.2) is 17.5 Å². The lowest BCUT2D eigenvalue weighted by Gasteiger charge is -2.08. The van der Waals surface area contributed by atoms with Crippen molar-refractivity contribution in [2.75, 3.05) is 12.3 Å². The second kappa shape index (κ2) is 8.57. The normalized spacial score (nSPS) is 11.4. The fourth-order valence-electron chi connectivity index (χ4n) is 3.11. The smallest absolute Gasteiger partial charge is 0.224 e. The number of nitrogens with one attached hydrogen (secondary N) is 1. The lowest BCUT2D eigenvalue weighted by atomic mass is 10.1. The number of halogens is 1. The highest BCUT2D eigenvalue weighted by molar-refractivity contribution is 7.91. The van der Waals surface area contributed by atoms with Gasteiger partial charge >= 0.3 is 0 Å². The summed E-state index contributed by atoms with van der Waals surface area (Å²) in [6, 6.07) is 14.8. The van der Waals surface area contributed by atoms with E-state index in [9.17, 15) is 17.6 Å². The quantitative estimate of drug-likeness (QED) is 0.643. The Labute approximate surface area is 169 Å². The van der Waals surface area contributed by atoms with Gasteiger partial charge in [0.1, 0.15) is 10.7 Å². The predicted octanol–water partition coefficient (Wildman–Crippen LogP) is 2.76. The van der Waals surface area contributed by atoms with E-state index in [4.69, 9.17) is 0 Å². The Kier molecular flexibility index (Phi) is 6.12. The molecule has 6 nitrogen and oxygen atoms in total. The first kappa shape index (κ1) is 20.7. The van der Waals surface area contributed by atoms with Crippen molar-refractivity contribution in [3.05, 3.63) is 77.4 Å². The molecule has 0 saturated carbocycles. The van der Waals surface area contributed by atoms with Crippen molar-refractivity contribution >= 4 is 15.7 Å². The van der Waals surface area contributed by atoms with E-state index in [2.05, 4.69) is 10.4 Å². The summed E-state index contributed by atoms with van der Waals surface area (Å²) < 4.78 is 40.0. The van der Waals surface area contributed by atoms with Crippen LogP contribution < -0.4 is 5.32 Å². The molecule has 2 aromatic carbocycles. The van der Waals surface area contributed by atoms with E-state index in [0.29, 0.717) is 0 Å². The molecule has 1 amide bonds. The molecule has 0 saturated heterocycles. The van der Waals surface area contributed by atoms with Crippen LogP contribution in [0.5, 0.6) is 0 Å². The molecule has 8 heteroatoms. The Bertz CT molecular complexity index is 1130. The van der Waals surface area contributed by atoms with Gasteiger partial charge in [-0.3, -0.25) is 4.79 Å². The van der Waals surface area contributed by atoms with Crippen molar-refractivity contribution in [3.8, 4) is 5.69 Å². The maximum absolute atomic E-state index is 13.7. The zero-order valence-corrected chi connectivity index (χ0v) is 17.0. The van der Waals surface area contributed by atoms with Crippen LogP contribution in [0.15, 0.2) is 59.5 Å². The number of para-hydroxylation sites is 1. The molecule has 0 aliphatic heterocycles. The second-order valence-electron chi connectivity index (χ2n) is 6.67. The number of amides is 1. The van der Waals surface area contributed by atoms with Gasteiger partial charge in [-0.1, -0.05) is 30.3 Å². The van der Waals surface area contributed by atoms with Crippen LogP contribution in [-0.2, 0) is 21.1 Å². The molecule has 0 atom stereocenters. The number of nitrogens with zero attached hydrogens (tertiary/aromatic N) is 2. The summed E-state index contributed by atoms with van der Waals surface area (Å²) >= 11 is 0. The Balaban J connectivity index is 1.63. The topological polar surface area (TPSA) is 81.1 Å². The number of aryl methyl sites for hydroxylation is 1. The van der Waals surface area contributed by atoms with Crippen molar-refractivity contribution in [1.82, 2.24) is 15.1 Å². The van der Waals surface area contributed by atoms with Crippen LogP contribution in [0.2, 0.25) is 0 Å². The van der Waals surface area contributed by atoms with E-state index in [0.717, 1.165) is 28.7 Å². The summed E-state index contributed by atoms with van der Waals surface area (Å²) in [5.41, 5.74) is 3.28. The molecule has 3 rings (SSSR count). The van der Waals surface area contributed by atoms with E-state index in [1.54, 1.807) is 4.68 Å². The van der Waals surface area contributed by atoms with E-state index < -0.39 is 15.7 Å². The molecule has 0 aliphatic rings. The molecule has 0 aliphatic carbocycles. The highest BCUT2D eigenvalue weighted by atomic mass is 32.2. The number of aromatic nitrogens is 2. The maximum atomic E-state index is 13.7. The Morgan fingerprint density at radius 3 is 2.41 bits per heavy atom. The van der Waals surface area contributed by atoms with Crippen LogP contribution in [0.3, 0.4) is 0 Å². The van der Waals surface area contributed by atoms with Crippen LogP contribution >= 0.6 is 0 Å². The number of carbonyl (C=O) groups is 1. The standard InChI is InChI=1S/C21H22FN3O3S/c1-15-18(16(2)25(24-15)17-8-4-3-5-9-17)14-21(26)23-12-13-29(27,28)20-11-7-6-10-19(20)22/h3-11H,12-14H2,1-2H3,(H,23,26). The van der Waals surface area contributed by atoms with Gasteiger partial charge in [0.05, 0.1) is 23.6 Å². The van der Waals surface area contributed by atoms with E-state index in [1.807, 2.05) is 44.2 Å². The minimum atomic E-state index is -3.81. The van der Waals surface area contributed by atoms with Crippen LogP contribution in [0.25, 0.3) is 5.69 Å². The third-order valence-electron chi connectivity index (χ3n) is 4.64. The van der Waals surface area contributed by atoms with Crippen molar-refractivity contribution in [3.63, 3.8) is 0 Å². The monoisotopic (exact) mass is 415 g/mol. The average molecular weight is 415 g/mol. The van der Waals surface area contributed by atoms with Gasteiger partial charge in [0, 0.05) is 17.8 Å². The highest BCUT2D eigenvalue weighted by Crippen LogP contribution is 2.18. The number of rotatable bonds is 7. The molecular weight excluding hydrogens is 393 g/mol. The van der Waals surface area contributed by atoms with Crippen LogP contribution in [0, 0.1) is 19.7 Å². The molecule has 29 heavy (non-hydrogen) atoms. The van der Waals surface area contributed by atoms with Crippen LogP contribution in [-0.4, -0.2) is 36.4 Å². The molecular formula is C21H22FN3O3S. The molecule has 0 radical (unpaired) electrons. The average Bonchev–Trinajstić information content (AvgIpc) is 2.97. The minimum absolute atomic E-state index is 0.0875. The number of carbonyl (C=O) groups excluding carboxylic acids is 1. The minimum Gasteiger partial charge on any atom is -0.355 e. The molecule has 0 bridgehead atoms. The lowest BCUT2D eigenvalue weighted by molar-refractivity contribution is -0.120. The van der Waals surface area contributed by atoms with Gasteiger partial charge in [-0.05, 0) is 38.1 Å². The van der Waals surface area contributed by atoms with Gasteiger partial charge in [0.2, 0.25) is 5.91 Å². The first-order valence-electron chi connectivity index (χ1n) is 9.14. The van der Waals surface area contributed by atoms with Crippen molar-refractivity contribution in [2.24, 2.45) is 0 Å². The summed E-state index contributed by atoms with van der Waals surface area (Å²) in [5, 5.41) is 7.10. The highest BCUT2D eigenvalue weighted by Gasteiger charge is 2.20. The van der Waals surface area contributed by atoms with Crippen molar-refractivity contribution in [2.45, 2.75) is 25.2 Å². The number of hydrogen-bond acceptors (Lipinski definition) is 4. The molecule has 1 aromatic heterocycles. The molecule has 3 aromatic rings. The zero-order valence-electron chi connectivity index (χ0n) is 16.2. The fraction of sp³-hybridized carbons (Fsp3) is 0.238. The van der Waals surface area contributed by atoms with E-state index in [-0.39, 0.29) is 29.5 Å². The van der Waals surface area contributed by atoms with Crippen molar-refractivity contribution in [1.29, 1.82) is 0 Å². The number of hydrogen-bond donors (Lipinski definition) is 1. The largest absolute Gasteiger partial charge is 0.355 e. The second-order valence-corrected chi connectivity index (χ2v) is 8.75. The molecule has 0 unspecified atom stereocenters. The zero-order chi connectivity index (χ0) is 21.0. The lowest BCUT2D eigenvalue weighted by Crippen LogP contribution is -2.30. The third kappa shape index (κ3) is 4.71. The molecule has 1 N–H and O–H groups in total. The molecule has 1 heterocycles. The van der Waals surface area contributed by atoms with Gasteiger partial charge in [-0.2, -0.15) is 5.10 Å². The van der Waals surface area contributed by atoms with Crippen LogP contribution in [0.1, 0.15) is 17.0 Å². The SMILES string of the molecule is Cc1nn(-c2ccccc2)c(C)c1CC(=O)NCCS(=O)(=O)c1ccccc1F. The van der Waals surface area contributed by atoms with Gasteiger partial charge < -0.3 is 5.32 Å². The summed E-state index contributed by atoms with van der Waals surface area (Å²) in [5.74, 6) is -1.48. The molecule has 0 spiro atoms. The van der Waals surface area contributed by atoms with Gasteiger partial charge in [0.25, 0.3) is 0 Å². The first-order valence-corrected chi connectivity index (χ1v) is 10.8. The predicted molar refractivity (Wildman–Crippen MR) is 108 cm³/mol. The Hall–Kier alpha value is -3.00. The van der Waals surface area contributed by atoms with Gasteiger partial charge in [-0.15, -0.1) is 0 Å². The number of benzene rings is 2. The van der Waals surface area contributed by atoms with Crippen molar-refractivity contribution < 1.29 is 17.6 Å². The summed E-state index contributed by atoms with van der Waals surface area (Å²) in [7, 11) is -3.81. The molecule has 152 valence electrons. The fourth-order valence-corrected chi connectivity index (χ4v) is 4.35. The number of sulfone groups is 1. The first-order chi connectivity index (χ1) is 13.8. The van der Waals surface area contributed by atoms with Crippen LogP contribution in [0.4, 0.5) is 4.39 Å².